The fourth-order valence-corrected chi connectivity index (χ4v) is 6.28. The number of phenols is 1. The third-order valence-electron chi connectivity index (χ3n) is 4.10. The third kappa shape index (κ3) is 3.99. The highest BCUT2D eigenvalue weighted by Gasteiger charge is 2.39. The molecule has 1 atom stereocenters. The summed E-state index contributed by atoms with van der Waals surface area (Å²) in [5.41, 5.74) is 0.707. The molecule has 2 aromatic rings. The van der Waals surface area contributed by atoms with E-state index < -0.39 is 16.1 Å². The molecule has 0 spiro atoms. The number of hydrogen-bond donors (Lipinski definition) is 2. The van der Waals surface area contributed by atoms with E-state index in [0.29, 0.717) is 29.3 Å². The van der Waals surface area contributed by atoms with Crippen molar-refractivity contribution >= 4 is 50.5 Å². The molecule has 1 fully saturated rings. The van der Waals surface area contributed by atoms with E-state index >= 15 is 0 Å². The Morgan fingerprint density at radius 2 is 2.08 bits per heavy atom. The summed E-state index contributed by atoms with van der Waals surface area (Å²) in [6.45, 7) is 0.481. The first-order valence-corrected chi connectivity index (χ1v) is 10.8. The summed E-state index contributed by atoms with van der Waals surface area (Å²) < 4.78 is 27.3. The van der Waals surface area contributed by atoms with Crippen LogP contribution >= 0.6 is 34.5 Å². The predicted molar refractivity (Wildman–Crippen MR) is 101 cm³/mol. The minimum Gasteiger partial charge on any atom is -0.506 e. The van der Waals surface area contributed by atoms with Crippen LogP contribution in [0, 0.1) is 0 Å². The van der Waals surface area contributed by atoms with E-state index in [9.17, 15) is 18.3 Å². The van der Waals surface area contributed by atoms with Crippen LogP contribution in [-0.2, 0) is 21.4 Å². The monoisotopic (exact) mass is 434 g/mol. The first-order valence-electron chi connectivity index (χ1n) is 7.81. The second kappa shape index (κ2) is 7.74. The Kier molecular flexibility index (Phi) is 5.78. The fourth-order valence-electron chi connectivity index (χ4n) is 2.81. The van der Waals surface area contributed by atoms with Gasteiger partial charge < -0.3 is 10.4 Å². The van der Waals surface area contributed by atoms with E-state index in [1.54, 1.807) is 12.1 Å². The molecule has 0 radical (unpaired) electrons. The van der Waals surface area contributed by atoms with E-state index in [0.717, 1.165) is 11.3 Å². The minimum absolute atomic E-state index is 0.0376. The van der Waals surface area contributed by atoms with Gasteiger partial charge in [0.1, 0.15) is 16.0 Å². The van der Waals surface area contributed by atoms with Gasteiger partial charge in [-0.3, -0.25) is 4.79 Å². The molecular weight excluding hydrogens is 419 g/mol. The van der Waals surface area contributed by atoms with Gasteiger partial charge in [-0.2, -0.15) is 4.31 Å². The van der Waals surface area contributed by atoms with Crippen molar-refractivity contribution in [2.24, 2.45) is 0 Å². The van der Waals surface area contributed by atoms with E-state index in [1.165, 1.54) is 22.5 Å². The van der Waals surface area contributed by atoms with Crippen molar-refractivity contribution < 1.29 is 18.3 Å². The number of carbonyl (C=O) groups excluding carboxylic acids is 1. The molecule has 1 aromatic carbocycles. The molecule has 3 rings (SSSR count). The Hall–Kier alpha value is -1.32. The molecule has 0 unspecified atom stereocenters. The van der Waals surface area contributed by atoms with Gasteiger partial charge in [-0.15, -0.1) is 11.3 Å². The van der Waals surface area contributed by atoms with Crippen molar-refractivity contribution in [1.29, 1.82) is 0 Å². The molecule has 0 aliphatic carbocycles. The van der Waals surface area contributed by atoms with Crippen molar-refractivity contribution in [3.8, 4) is 5.75 Å². The second-order valence-electron chi connectivity index (χ2n) is 5.84. The number of nitrogens with one attached hydrogen (secondary N) is 1. The number of hydrogen-bond acceptors (Lipinski definition) is 5. The number of aromatic hydroxyl groups is 1. The van der Waals surface area contributed by atoms with Crippen LogP contribution in [0.15, 0.2) is 34.5 Å². The molecule has 26 heavy (non-hydrogen) atoms. The summed E-state index contributed by atoms with van der Waals surface area (Å²) in [6.07, 6.45) is 1.07. The molecule has 10 heteroatoms. The van der Waals surface area contributed by atoms with Crippen molar-refractivity contribution in [3.05, 3.63) is 45.3 Å². The van der Waals surface area contributed by atoms with Gasteiger partial charge in [0.15, 0.2) is 0 Å². The second-order valence-corrected chi connectivity index (χ2v) is 10.1. The maximum Gasteiger partial charge on any atom is 0.253 e. The quantitative estimate of drug-likeness (QED) is 0.755. The fraction of sp³-hybridized carbons (Fsp3) is 0.312. The Balaban J connectivity index is 1.71. The lowest BCUT2D eigenvalue weighted by Gasteiger charge is -2.22. The molecule has 140 valence electrons. The van der Waals surface area contributed by atoms with E-state index in [4.69, 9.17) is 23.2 Å². The lowest BCUT2D eigenvalue weighted by atomic mass is 10.2. The average molecular weight is 435 g/mol. The Labute approximate surface area is 165 Å². The number of benzene rings is 1. The first-order chi connectivity index (χ1) is 12.3. The van der Waals surface area contributed by atoms with E-state index in [1.807, 2.05) is 0 Å². The van der Waals surface area contributed by atoms with Gasteiger partial charge in [-0.1, -0.05) is 29.3 Å². The van der Waals surface area contributed by atoms with Gasteiger partial charge in [0, 0.05) is 13.1 Å². The highest BCUT2D eigenvalue weighted by atomic mass is 35.5. The number of halogens is 2. The normalized spacial score (nSPS) is 18.2. The van der Waals surface area contributed by atoms with Crippen molar-refractivity contribution in [2.75, 3.05) is 6.54 Å². The molecule has 6 nitrogen and oxygen atoms in total. The van der Waals surface area contributed by atoms with Crippen LogP contribution in [0.4, 0.5) is 0 Å². The van der Waals surface area contributed by atoms with Crippen LogP contribution in [0.2, 0.25) is 9.36 Å². The van der Waals surface area contributed by atoms with Crippen LogP contribution in [0.5, 0.6) is 5.75 Å². The van der Waals surface area contributed by atoms with Crippen LogP contribution in [0.3, 0.4) is 0 Å². The maximum absolute atomic E-state index is 12.8. The average Bonchev–Trinajstić information content (AvgIpc) is 3.25. The van der Waals surface area contributed by atoms with Crippen LogP contribution in [0.1, 0.15) is 18.4 Å². The number of phenolic OH excluding ortho intramolecular Hbond substituents is 1. The van der Waals surface area contributed by atoms with Gasteiger partial charge in [0.25, 0.3) is 10.0 Å². The zero-order valence-corrected chi connectivity index (χ0v) is 16.6. The number of thiophene rings is 1. The standard InChI is InChI=1S/C16H16Cl2N2O4S2/c17-11-8-10(3-4-13(11)21)9-19-16(22)12-2-1-7-20(12)26(23,24)15-6-5-14(18)25-15/h3-6,8,12,21H,1-2,7,9H2,(H,19,22)/t12-/m0/s1. The van der Waals surface area contributed by atoms with Gasteiger partial charge in [0.2, 0.25) is 5.91 Å². The lowest BCUT2D eigenvalue weighted by Crippen LogP contribution is -2.45. The third-order valence-corrected chi connectivity index (χ3v) is 8.01. The molecule has 1 aliphatic rings. The molecule has 1 aliphatic heterocycles. The molecule has 1 amide bonds. The number of carbonyl (C=O) groups is 1. The molecule has 2 heterocycles. The van der Waals surface area contributed by atoms with Gasteiger partial charge in [-0.25, -0.2) is 8.42 Å². The van der Waals surface area contributed by atoms with Crippen LogP contribution in [-0.4, -0.2) is 36.3 Å². The molecular formula is C16H16Cl2N2O4S2. The van der Waals surface area contributed by atoms with Crippen LogP contribution in [0.25, 0.3) is 0 Å². The number of sulfonamides is 1. The highest BCUT2D eigenvalue weighted by Crippen LogP contribution is 2.32. The van der Waals surface area contributed by atoms with Gasteiger partial charge >= 0.3 is 0 Å². The summed E-state index contributed by atoms with van der Waals surface area (Å²) in [5.74, 6) is -0.401. The topological polar surface area (TPSA) is 86.7 Å². The zero-order valence-electron chi connectivity index (χ0n) is 13.5. The SMILES string of the molecule is O=C(NCc1ccc(O)c(Cl)c1)[C@@H]1CCCN1S(=O)(=O)c1ccc(Cl)s1. The van der Waals surface area contributed by atoms with Gasteiger partial charge in [-0.05, 0) is 42.7 Å². The molecule has 2 N–H and O–H groups in total. The number of nitrogens with zero attached hydrogens (tertiary/aromatic N) is 1. The first kappa shape index (κ1) is 19.4. The maximum atomic E-state index is 12.8. The summed E-state index contributed by atoms with van der Waals surface area (Å²) in [7, 11) is -3.75. The van der Waals surface area contributed by atoms with Crippen molar-refractivity contribution in [2.45, 2.75) is 29.6 Å². The minimum atomic E-state index is -3.75. The summed E-state index contributed by atoms with van der Waals surface area (Å²) in [5, 5.41) is 12.4. The molecule has 1 aromatic heterocycles. The van der Waals surface area contributed by atoms with E-state index in [2.05, 4.69) is 5.32 Å². The van der Waals surface area contributed by atoms with Crippen molar-refractivity contribution in [1.82, 2.24) is 9.62 Å². The Morgan fingerprint density at radius 1 is 1.31 bits per heavy atom. The largest absolute Gasteiger partial charge is 0.506 e. The summed E-state index contributed by atoms with van der Waals surface area (Å²) in [4.78, 5) is 12.5. The molecule has 0 bridgehead atoms. The highest BCUT2D eigenvalue weighted by molar-refractivity contribution is 7.91. The smallest absolute Gasteiger partial charge is 0.253 e. The summed E-state index contributed by atoms with van der Waals surface area (Å²) in [6, 6.07) is 6.85. The summed E-state index contributed by atoms with van der Waals surface area (Å²) >= 11 is 12.7. The number of rotatable bonds is 5. The lowest BCUT2D eigenvalue weighted by molar-refractivity contribution is -0.124. The van der Waals surface area contributed by atoms with Gasteiger partial charge in [0.05, 0.1) is 9.36 Å². The van der Waals surface area contributed by atoms with Crippen molar-refractivity contribution in [3.63, 3.8) is 0 Å². The van der Waals surface area contributed by atoms with E-state index in [-0.39, 0.29) is 27.4 Å². The Bertz CT molecular complexity index is 930. The van der Waals surface area contributed by atoms with Crippen LogP contribution < -0.4 is 5.32 Å². The molecule has 0 saturated carbocycles. The zero-order chi connectivity index (χ0) is 18.9. The predicted octanol–water partition coefficient (Wildman–Crippen LogP) is 3.23. The Morgan fingerprint density at radius 3 is 2.73 bits per heavy atom. The number of amides is 1. The molecule has 1 saturated heterocycles.